The fourth-order valence-corrected chi connectivity index (χ4v) is 11.4. The molecule has 304 valence electrons. The monoisotopic (exact) mass is 844 g/mol. The van der Waals surface area contributed by atoms with Gasteiger partial charge >= 0.3 is 0 Å². The van der Waals surface area contributed by atoms with Gasteiger partial charge in [0.25, 0.3) is 0 Å². The number of nitrogens with zero attached hydrogens (tertiary/aromatic N) is 2. The first-order valence-corrected chi connectivity index (χ1v) is 23.1. The van der Waals surface area contributed by atoms with E-state index in [2.05, 4.69) is 252 Å². The molecule has 2 heterocycles. The van der Waals surface area contributed by atoms with Crippen molar-refractivity contribution in [1.29, 1.82) is 0 Å². The van der Waals surface area contributed by atoms with Crippen molar-refractivity contribution in [3.05, 3.63) is 243 Å². The molecular formula is C62H40N2S. The maximum atomic E-state index is 2.50. The summed E-state index contributed by atoms with van der Waals surface area (Å²) in [6, 6.07) is 89.3. The van der Waals surface area contributed by atoms with Gasteiger partial charge in [0.2, 0.25) is 0 Å². The second kappa shape index (κ2) is 15.2. The number of hydrogen-bond donors (Lipinski definition) is 0. The van der Waals surface area contributed by atoms with Crippen LogP contribution in [-0.2, 0) is 0 Å². The molecule has 2 nitrogen and oxygen atoms in total. The summed E-state index contributed by atoms with van der Waals surface area (Å²) in [5.74, 6) is 0. The van der Waals surface area contributed by atoms with Gasteiger partial charge in [0.15, 0.2) is 0 Å². The van der Waals surface area contributed by atoms with Crippen LogP contribution in [0, 0.1) is 0 Å². The molecule has 0 aliphatic heterocycles. The van der Waals surface area contributed by atoms with Gasteiger partial charge in [0.1, 0.15) is 0 Å². The molecule has 0 N–H and O–H groups in total. The molecule has 0 saturated carbocycles. The zero-order valence-electron chi connectivity index (χ0n) is 35.4. The van der Waals surface area contributed by atoms with Crippen LogP contribution >= 0.6 is 11.3 Å². The van der Waals surface area contributed by atoms with Crippen LogP contribution in [0.3, 0.4) is 0 Å². The van der Waals surface area contributed by atoms with E-state index in [1.807, 2.05) is 11.3 Å². The van der Waals surface area contributed by atoms with Gasteiger partial charge in [0, 0.05) is 53.6 Å². The largest absolute Gasteiger partial charge is 0.310 e. The lowest BCUT2D eigenvalue weighted by Gasteiger charge is -2.30. The molecule has 11 aromatic carbocycles. The first-order chi connectivity index (χ1) is 32.2. The molecule has 2 aromatic heterocycles. The maximum absolute atomic E-state index is 2.50. The van der Waals surface area contributed by atoms with Gasteiger partial charge in [-0.05, 0) is 116 Å². The number of fused-ring (bicyclic) bond motifs is 8. The third-order valence-electron chi connectivity index (χ3n) is 13.2. The van der Waals surface area contributed by atoms with E-state index in [-0.39, 0.29) is 0 Å². The Bertz CT molecular complexity index is 3960. The number of hydrogen-bond acceptors (Lipinski definition) is 2. The molecule has 0 unspecified atom stereocenters. The Labute approximate surface area is 381 Å². The lowest BCUT2D eigenvalue weighted by molar-refractivity contribution is 1.18. The standard InChI is InChI=1S/C62H40N2S/c1-2-21-46(22-3-1)64-56-30-10-8-25-50(56)51-37-36-48(40-58(51)64)63(47-23-12-20-44(39-47)45-35-34-41-16-4-5-18-43(41)38-45)57-31-14-28-53(61(57)52-27-13-19-42-17-6-7-24-49(42)52)54-29-15-33-60-62(54)55-26-9-11-32-59(55)65-60/h1-40H. The average Bonchev–Trinajstić information content (AvgIpc) is 3.92. The molecular weight excluding hydrogens is 805 g/mol. The van der Waals surface area contributed by atoms with Gasteiger partial charge in [-0.1, -0.05) is 176 Å². The number of benzene rings is 11. The van der Waals surface area contributed by atoms with Gasteiger partial charge in [-0.25, -0.2) is 0 Å². The van der Waals surface area contributed by atoms with Crippen LogP contribution in [0.2, 0.25) is 0 Å². The molecule has 0 fully saturated rings. The van der Waals surface area contributed by atoms with Crippen LogP contribution in [0.15, 0.2) is 243 Å². The first kappa shape index (κ1) is 37.3. The Balaban J connectivity index is 1.14. The molecule has 0 amide bonds. The molecule has 0 bridgehead atoms. The lowest BCUT2D eigenvalue weighted by Crippen LogP contribution is -2.12. The number of anilines is 3. The predicted octanol–water partition coefficient (Wildman–Crippen LogP) is 17.9. The molecule has 65 heavy (non-hydrogen) atoms. The smallest absolute Gasteiger partial charge is 0.0561 e. The van der Waals surface area contributed by atoms with Gasteiger partial charge in [-0.2, -0.15) is 0 Å². The van der Waals surface area contributed by atoms with Gasteiger partial charge in [-0.3, -0.25) is 0 Å². The fraction of sp³-hybridized carbons (Fsp3) is 0. The van der Waals surface area contributed by atoms with Gasteiger partial charge < -0.3 is 9.47 Å². The van der Waals surface area contributed by atoms with E-state index >= 15 is 0 Å². The van der Waals surface area contributed by atoms with Crippen LogP contribution in [-0.4, -0.2) is 4.57 Å². The zero-order chi connectivity index (χ0) is 42.8. The predicted molar refractivity (Wildman–Crippen MR) is 280 cm³/mol. The van der Waals surface area contributed by atoms with Crippen molar-refractivity contribution in [2.75, 3.05) is 4.90 Å². The number of aromatic nitrogens is 1. The van der Waals surface area contributed by atoms with Crippen molar-refractivity contribution >= 4 is 91.9 Å². The van der Waals surface area contributed by atoms with Crippen LogP contribution < -0.4 is 4.90 Å². The summed E-state index contributed by atoms with van der Waals surface area (Å²) in [6.45, 7) is 0. The summed E-state index contributed by atoms with van der Waals surface area (Å²) in [5.41, 5.74) is 13.9. The van der Waals surface area contributed by atoms with E-state index in [0.29, 0.717) is 0 Å². The molecule has 13 rings (SSSR count). The van der Waals surface area contributed by atoms with Crippen LogP contribution in [0.1, 0.15) is 0 Å². The minimum absolute atomic E-state index is 1.07. The summed E-state index contributed by atoms with van der Waals surface area (Å²) in [5, 5.41) is 9.93. The Morgan fingerprint density at radius 1 is 0.338 bits per heavy atom. The summed E-state index contributed by atoms with van der Waals surface area (Å²) in [7, 11) is 0. The van der Waals surface area contributed by atoms with Crippen molar-refractivity contribution in [2.45, 2.75) is 0 Å². The Kier molecular flexibility index (Phi) is 8.75. The molecule has 0 radical (unpaired) electrons. The molecule has 3 heteroatoms. The molecule has 0 aliphatic rings. The highest BCUT2D eigenvalue weighted by atomic mass is 32.1. The number of para-hydroxylation sites is 2. The maximum Gasteiger partial charge on any atom is 0.0561 e. The summed E-state index contributed by atoms with van der Waals surface area (Å²) in [6.07, 6.45) is 0. The lowest BCUT2D eigenvalue weighted by atomic mass is 9.88. The molecule has 13 aromatic rings. The molecule has 0 saturated heterocycles. The normalized spacial score (nSPS) is 11.7. The van der Waals surface area contributed by atoms with Crippen molar-refractivity contribution in [3.8, 4) is 39.1 Å². The van der Waals surface area contributed by atoms with Crippen LogP contribution in [0.4, 0.5) is 17.1 Å². The third-order valence-corrected chi connectivity index (χ3v) is 14.3. The van der Waals surface area contributed by atoms with Crippen molar-refractivity contribution < 1.29 is 0 Å². The van der Waals surface area contributed by atoms with Gasteiger partial charge in [0.05, 0.1) is 16.7 Å². The SMILES string of the molecule is c1ccc(-n2c3ccccc3c3ccc(N(c4cccc(-c5ccc6ccccc6c5)c4)c4cccc(-c5cccc6sc7ccccc7c56)c4-c4cccc5ccccc45)cc32)cc1. The molecule has 0 aliphatic carbocycles. The Hall–Kier alpha value is -8.24. The highest BCUT2D eigenvalue weighted by molar-refractivity contribution is 7.25. The van der Waals surface area contributed by atoms with E-state index in [4.69, 9.17) is 0 Å². The van der Waals surface area contributed by atoms with E-state index in [0.717, 1.165) is 33.8 Å². The summed E-state index contributed by atoms with van der Waals surface area (Å²) in [4.78, 5) is 2.50. The van der Waals surface area contributed by atoms with E-state index in [1.165, 1.54) is 85.8 Å². The molecule has 0 spiro atoms. The van der Waals surface area contributed by atoms with Crippen molar-refractivity contribution in [1.82, 2.24) is 4.57 Å². The summed E-state index contributed by atoms with van der Waals surface area (Å²) >= 11 is 1.87. The second-order valence-corrected chi connectivity index (χ2v) is 17.9. The van der Waals surface area contributed by atoms with Crippen LogP contribution in [0.5, 0.6) is 0 Å². The Morgan fingerprint density at radius 3 is 1.88 bits per heavy atom. The first-order valence-electron chi connectivity index (χ1n) is 22.2. The van der Waals surface area contributed by atoms with Crippen molar-refractivity contribution in [3.63, 3.8) is 0 Å². The second-order valence-electron chi connectivity index (χ2n) is 16.8. The van der Waals surface area contributed by atoms with Crippen LogP contribution in [0.25, 0.3) is 103 Å². The van der Waals surface area contributed by atoms with E-state index in [1.54, 1.807) is 0 Å². The number of thiophene rings is 1. The zero-order valence-corrected chi connectivity index (χ0v) is 36.2. The third kappa shape index (κ3) is 6.16. The highest BCUT2D eigenvalue weighted by Crippen LogP contribution is 2.51. The average molecular weight is 845 g/mol. The Morgan fingerprint density at radius 2 is 0.969 bits per heavy atom. The quantitative estimate of drug-likeness (QED) is 0.155. The van der Waals surface area contributed by atoms with Gasteiger partial charge in [-0.15, -0.1) is 11.3 Å². The summed E-state index contributed by atoms with van der Waals surface area (Å²) < 4.78 is 5.01. The number of rotatable bonds is 7. The van der Waals surface area contributed by atoms with Crippen molar-refractivity contribution in [2.24, 2.45) is 0 Å². The van der Waals surface area contributed by atoms with E-state index in [9.17, 15) is 0 Å². The molecule has 0 atom stereocenters. The topological polar surface area (TPSA) is 8.17 Å². The highest BCUT2D eigenvalue weighted by Gasteiger charge is 2.25. The minimum atomic E-state index is 1.07. The van der Waals surface area contributed by atoms with E-state index < -0.39 is 0 Å². The minimum Gasteiger partial charge on any atom is -0.310 e. The fourth-order valence-electron chi connectivity index (χ4n) is 10.3.